The molecule has 0 aliphatic carbocycles. The van der Waals surface area contributed by atoms with Gasteiger partial charge in [0.15, 0.2) is 0 Å². The fourth-order valence-corrected chi connectivity index (χ4v) is 4.95. The van der Waals surface area contributed by atoms with E-state index in [1.807, 2.05) is 55.1 Å². The standard InChI is InChI=1S/C26H28N4O2/c1-15-9-16(2)14-29(13-15)25(31)19-6-8-23-21(11-19)24-22(12-27-23)26(32)30(28-24)20-7-5-17(3)18(4)10-20/h5-8,10-12,15-16,28H,9,13-14H2,1-4H3/t15-,16-/m0/s1. The third-order valence-electron chi connectivity index (χ3n) is 6.68. The monoisotopic (exact) mass is 428 g/mol. The molecule has 2 aromatic carbocycles. The highest BCUT2D eigenvalue weighted by molar-refractivity contribution is 6.06. The third kappa shape index (κ3) is 3.40. The number of nitrogens with zero attached hydrogens (tertiary/aromatic N) is 3. The summed E-state index contributed by atoms with van der Waals surface area (Å²) in [4.78, 5) is 32.8. The summed E-state index contributed by atoms with van der Waals surface area (Å²) < 4.78 is 1.56. The van der Waals surface area contributed by atoms with Gasteiger partial charge in [0.25, 0.3) is 11.5 Å². The topological polar surface area (TPSA) is 71.0 Å². The number of amides is 1. The fraction of sp³-hybridized carbons (Fsp3) is 0.346. The van der Waals surface area contributed by atoms with Crippen LogP contribution < -0.4 is 5.56 Å². The highest BCUT2D eigenvalue weighted by Crippen LogP contribution is 2.26. The van der Waals surface area contributed by atoms with Crippen LogP contribution in [0.25, 0.3) is 27.5 Å². The number of carbonyl (C=O) groups is 1. The molecule has 164 valence electrons. The van der Waals surface area contributed by atoms with Gasteiger partial charge < -0.3 is 4.90 Å². The number of benzene rings is 2. The molecule has 1 fully saturated rings. The Morgan fingerprint density at radius 1 is 1.00 bits per heavy atom. The number of fused-ring (bicyclic) bond motifs is 3. The zero-order chi connectivity index (χ0) is 22.6. The van der Waals surface area contributed by atoms with Gasteiger partial charge in [-0.25, -0.2) is 4.68 Å². The maximum atomic E-state index is 13.3. The minimum absolute atomic E-state index is 0.0400. The smallest absolute Gasteiger partial charge is 0.280 e. The second-order valence-electron chi connectivity index (χ2n) is 9.46. The lowest BCUT2D eigenvalue weighted by atomic mass is 9.91. The highest BCUT2D eigenvalue weighted by atomic mass is 16.2. The number of rotatable bonds is 2. The molecule has 2 aromatic heterocycles. The molecule has 1 aliphatic rings. The fourth-order valence-electron chi connectivity index (χ4n) is 4.95. The number of hydrogen-bond donors (Lipinski definition) is 1. The first kappa shape index (κ1) is 20.5. The Morgan fingerprint density at radius 3 is 2.47 bits per heavy atom. The third-order valence-corrected chi connectivity index (χ3v) is 6.68. The minimum Gasteiger partial charge on any atom is -0.338 e. The van der Waals surface area contributed by atoms with Crippen LogP contribution in [-0.2, 0) is 0 Å². The second-order valence-corrected chi connectivity index (χ2v) is 9.46. The molecule has 4 aromatic rings. The Balaban J connectivity index is 1.62. The average Bonchev–Trinajstić information content (AvgIpc) is 3.11. The van der Waals surface area contributed by atoms with Crippen molar-refractivity contribution in [2.24, 2.45) is 11.8 Å². The molecule has 0 saturated carbocycles. The van der Waals surface area contributed by atoms with Gasteiger partial charge in [-0.2, -0.15) is 0 Å². The van der Waals surface area contributed by atoms with E-state index < -0.39 is 0 Å². The van der Waals surface area contributed by atoms with E-state index in [2.05, 4.69) is 23.9 Å². The van der Waals surface area contributed by atoms with Crippen LogP contribution in [0.15, 0.2) is 47.4 Å². The zero-order valence-electron chi connectivity index (χ0n) is 19.0. The first-order chi connectivity index (χ1) is 15.3. The molecule has 0 radical (unpaired) electrons. The summed E-state index contributed by atoms with van der Waals surface area (Å²) in [7, 11) is 0. The van der Waals surface area contributed by atoms with Crippen LogP contribution in [0.5, 0.6) is 0 Å². The molecule has 0 bridgehead atoms. The van der Waals surface area contributed by atoms with Crippen molar-refractivity contribution >= 4 is 27.7 Å². The van der Waals surface area contributed by atoms with E-state index in [9.17, 15) is 9.59 Å². The lowest BCUT2D eigenvalue weighted by Crippen LogP contribution is -2.42. The summed E-state index contributed by atoms with van der Waals surface area (Å²) in [6, 6.07) is 11.5. The Kier molecular flexibility index (Phi) is 4.88. The number of piperidine rings is 1. The van der Waals surface area contributed by atoms with Crippen LogP contribution in [0.4, 0.5) is 0 Å². The van der Waals surface area contributed by atoms with Gasteiger partial charge in [-0.3, -0.25) is 19.7 Å². The Hall–Kier alpha value is -3.41. The molecular weight excluding hydrogens is 400 g/mol. The molecule has 1 saturated heterocycles. The van der Waals surface area contributed by atoms with E-state index in [1.54, 1.807) is 10.9 Å². The van der Waals surface area contributed by atoms with Crippen LogP contribution in [0, 0.1) is 25.7 Å². The van der Waals surface area contributed by atoms with Gasteiger partial charge in [0.05, 0.1) is 22.1 Å². The summed E-state index contributed by atoms with van der Waals surface area (Å²) in [6.07, 6.45) is 2.77. The van der Waals surface area contributed by atoms with E-state index in [0.717, 1.165) is 41.7 Å². The Morgan fingerprint density at radius 2 is 1.75 bits per heavy atom. The molecule has 5 rings (SSSR count). The largest absolute Gasteiger partial charge is 0.338 e. The summed E-state index contributed by atoms with van der Waals surface area (Å²) in [5, 5.41) is 4.57. The van der Waals surface area contributed by atoms with Crippen LogP contribution in [0.1, 0.15) is 41.8 Å². The molecule has 1 N–H and O–H groups in total. The average molecular weight is 429 g/mol. The SMILES string of the molecule is Cc1ccc(-n2[nH]c3c(cnc4ccc(C(=O)N5C[C@@H](C)C[C@H](C)C5)cc43)c2=O)cc1C. The van der Waals surface area contributed by atoms with Gasteiger partial charge >= 0.3 is 0 Å². The van der Waals surface area contributed by atoms with Crippen LogP contribution in [0.2, 0.25) is 0 Å². The van der Waals surface area contributed by atoms with Gasteiger partial charge in [-0.05, 0) is 73.6 Å². The zero-order valence-corrected chi connectivity index (χ0v) is 19.0. The van der Waals surface area contributed by atoms with Crippen molar-refractivity contribution in [3.63, 3.8) is 0 Å². The molecule has 0 unspecified atom stereocenters. The van der Waals surface area contributed by atoms with Gasteiger partial charge in [0.2, 0.25) is 0 Å². The van der Waals surface area contributed by atoms with Crippen molar-refractivity contribution < 1.29 is 4.79 Å². The number of nitrogens with one attached hydrogen (secondary N) is 1. The second kappa shape index (κ2) is 7.62. The maximum Gasteiger partial charge on any atom is 0.280 e. The Bertz CT molecular complexity index is 1400. The van der Waals surface area contributed by atoms with Gasteiger partial charge in [-0.1, -0.05) is 19.9 Å². The van der Waals surface area contributed by atoms with Gasteiger partial charge in [0.1, 0.15) is 0 Å². The number of hydrogen-bond acceptors (Lipinski definition) is 3. The van der Waals surface area contributed by atoms with E-state index in [-0.39, 0.29) is 11.5 Å². The lowest BCUT2D eigenvalue weighted by molar-refractivity contribution is 0.0623. The summed E-state index contributed by atoms with van der Waals surface area (Å²) in [5.41, 5.74) is 5.02. The molecule has 6 nitrogen and oxygen atoms in total. The number of pyridine rings is 1. The molecule has 32 heavy (non-hydrogen) atoms. The number of aromatic nitrogens is 3. The molecule has 3 heterocycles. The van der Waals surface area contributed by atoms with E-state index in [4.69, 9.17) is 0 Å². The summed E-state index contributed by atoms with van der Waals surface area (Å²) in [5.74, 6) is 1.04. The van der Waals surface area contributed by atoms with Crippen molar-refractivity contribution in [1.29, 1.82) is 0 Å². The molecule has 1 amide bonds. The molecule has 6 heteroatoms. The Labute approximate surface area is 186 Å². The van der Waals surface area contributed by atoms with Crippen LogP contribution in [-0.4, -0.2) is 38.7 Å². The predicted molar refractivity (Wildman–Crippen MR) is 128 cm³/mol. The number of likely N-dealkylation sites (tertiary alicyclic amines) is 1. The van der Waals surface area contributed by atoms with Crippen LogP contribution in [0.3, 0.4) is 0 Å². The number of H-pyrrole nitrogens is 1. The number of carbonyl (C=O) groups excluding carboxylic acids is 1. The predicted octanol–water partition coefficient (Wildman–Crippen LogP) is 4.60. The first-order valence-corrected chi connectivity index (χ1v) is 11.2. The number of aromatic amines is 1. The van der Waals surface area contributed by atoms with Crippen LogP contribution >= 0.6 is 0 Å². The van der Waals surface area contributed by atoms with Gasteiger partial charge in [0, 0.05) is 30.2 Å². The normalized spacial score (nSPS) is 19.1. The quantitative estimate of drug-likeness (QED) is 0.507. The van der Waals surface area contributed by atoms with E-state index in [1.165, 1.54) is 5.56 Å². The molecule has 1 aliphatic heterocycles. The van der Waals surface area contributed by atoms with Crippen molar-refractivity contribution in [2.45, 2.75) is 34.1 Å². The number of aryl methyl sites for hydroxylation is 2. The summed E-state index contributed by atoms with van der Waals surface area (Å²) >= 11 is 0. The molecule has 2 atom stereocenters. The van der Waals surface area contributed by atoms with E-state index in [0.29, 0.717) is 28.3 Å². The minimum atomic E-state index is -0.145. The molecular formula is C26H28N4O2. The van der Waals surface area contributed by atoms with Crippen molar-refractivity contribution in [1.82, 2.24) is 19.7 Å². The first-order valence-electron chi connectivity index (χ1n) is 11.2. The van der Waals surface area contributed by atoms with Gasteiger partial charge in [-0.15, -0.1) is 0 Å². The van der Waals surface area contributed by atoms with E-state index >= 15 is 0 Å². The van der Waals surface area contributed by atoms with Crippen molar-refractivity contribution in [2.75, 3.05) is 13.1 Å². The summed E-state index contributed by atoms with van der Waals surface area (Å²) in [6.45, 7) is 10.0. The maximum absolute atomic E-state index is 13.3. The molecule has 0 spiro atoms. The lowest BCUT2D eigenvalue weighted by Gasteiger charge is -2.35. The van der Waals surface area contributed by atoms with Crippen molar-refractivity contribution in [3.05, 3.63) is 69.6 Å². The highest BCUT2D eigenvalue weighted by Gasteiger charge is 2.26. The van der Waals surface area contributed by atoms with Crippen molar-refractivity contribution in [3.8, 4) is 5.69 Å².